The summed E-state index contributed by atoms with van der Waals surface area (Å²) in [5.41, 5.74) is 3.71. The maximum atomic E-state index is 12.4. The molecule has 0 spiro atoms. The maximum absolute atomic E-state index is 12.4. The van der Waals surface area contributed by atoms with Gasteiger partial charge in [-0.15, -0.1) is 0 Å². The van der Waals surface area contributed by atoms with Crippen molar-refractivity contribution in [1.82, 2.24) is 19.9 Å². The number of pyridine rings is 1. The molecule has 0 radical (unpaired) electrons. The monoisotopic (exact) mass is 348 g/mol. The van der Waals surface area contributed by atoms with Crippen LogP contribution in [0.25, 0.3) is 11.4 Å². The highest BCUT2D eigenvalue weighted by Gasteiger charge is 2.21. The lowest BCUT2D eigenvalue weighted by molar-refractivity contribution is 0.240. The Morgan fingerprint density at radius 1 is 1.15 bits per heavy atom. The first-order valence-electron chi connectivity index (χ1n) is 8.60. The Labute approximate surface area is 151 Å². The van der Waals surface area contributed by atoms with Crippen LogP contribution in [-0.2, 0) is 19.5 Å². The van der Waals surface area contributed by atoms with Crippen molar-refractivity contribution in [3.8, 4) is 17.1 Å². The molecule has 0 aliphatic carbocycles. The van der Waals surface area contributed by atoms with E-state index in [1.165, 1.54) is 5.56 Å². The van der Waals surface area contributed by atoms with Crippen LogP contribution in [0.5, 0.6) is 5.75 Å². The molecule has 26 heavy (non-hydrogen) atoms. The lowest BCUT2D eigenvalue weighted by atomic mass is 10.0. The summed E-state index contributed by atoms with van der Waals surface area (Å²) in [6, 6.07) is 11.8. The van der Waals surface area contributed by atoms with E-state index in [1.807, 2.05) is 24.3 Å². The summed E-state index contributed by atoms with van der Waals surface area (Å²) in [4.78, 5) is 26.4. The summed E-state index contributed by atoms with van der Waals surface area (Å²) in [6.07, 6.45) is 4.11. The molecule has 132 valence electrons. The van der Waals surface area contributed by atoms with Gasteiger partial charge in [0, 0.05) is 43.2 Å². The number of nitrogens with one attached hydrogen (secondary N) is 1. The molecule has 6 heteroatoms. The summed E-state index contributed by atoms with van der Waals surface area (Å²) in [5, 5.41) is 0. The maximum Gasteiger partial charge on any atom is 0.254 e. The predicted molar refractivity (Wildman–Crippen MR) is 98.9 cm³/mol. The highest BCUT2D eigenvalue weighted by atomic mass is 16.5. The summed E-state index contributed by atoms with van der Waals surface area (Å²) in [7, 11) is 1.67. The summed E-state index contributed by atoms with van der Waals surface area (Å²) >= 11 is 0. The van der Waals surface area contributed by atoms with Crippen LogP contribution >= 0.6 is 0 Å². The molecule has 1 aromatic carbocycles. The molecule has 4 rings (SSSR count). The van der Waals surface area contributed by atoms with Crippen LogP contribution in [0, 0.1) is 0 Å². The predicted octanol–water partition coefficient (Wildman–Crippen LogP) is 2.40. The first kappa shape index (κ1) is 16.5. The fourth-order valence-electron chi connectivity index (χ4n) is 3.26. The van der Waals surface area contributed by atoms with Gasteiger partial charge in [0.25, 0.3) is 5.56 Å². The van der Waals surface area contributed by atoms with Gasteiger partial charge in [0.2, 0.25) is 0 Å². The number of fused-ring (bicyclic) bond motifs is 1. The van der Waals surface area contributed by atoms with Crippen LogP contribution < -0.4 is 10.3 Å². The van der Waals surface area contributed by atoms with Gasteiger partial charge in [-0.1, -0.05) is 12.1 Å². The quantitative estimate of drug-likeness (QED) is 0.784. The van der Waals surface area contributed by atoms with E-state index in [9.17, 15) is 4.79 Å². The van der Waals surface area contributed by atoms with Gasteiger partial charge in [-0.25, -0.2) is 4.98 Å². The molecule has 6 nitrogen and oxygen atoms in total. The minimum atomic E-state index is -0.0362. The lowest BCUT2D eigenvalue weighted by Crippen LogP contribution is -2.35. The zero-order valence-corrected chi connectivity index (χ0v) is 14.6. The number of hydrogen-bond acceptors (Lipinski definition) is 5. The molecule has 0 saturated carbocycles. The molecule has 0 bridgehead atoms. The molecule has 1 aliphatic rings. The van der Waals surface area contributed by atoms with E-state index in [0.29, 0.717) is 18.8 Å². The zero-order chi connectivity index (χ0) is 17.9. The minimum absolute atomic E-state index is 0.0362. The third-order valence-corrected chi connectivity index (χ3v) is 4.67. The first-order valence-corrected chi connectivity index (χ1v) is 8.60. The van der Waals surface area contributed by atoms with Gasteiger partial charge < -0.3 is 9.72 Å². The number of aromatic nitrogens is 3. The van der Waals surface area contributed by atoms with Gasteiger partial charge >= 0.3 is 0 Å². The fourth-order valence-corrected chi connectivity index (χ4v) is 3.26. The van der Waals surface area contributed by atoms with Crippen molar-refractivity contribution in [2.24, 2.45) is 0 Å². The van der Waals surface area contributed by atoms with Crippen LogP contribution in [0.15, 0.2) is 53.6 Å². The second-order valence-electron chi connectivity index (χ2n) is 6.38. The smallest absolute Gasteiger partial charge is 0.254 e. The molecule has 0 amide bonds. The SMILES string of the molecule is COc1ccc(CN2CCc3c(nc(-c4ccncc4)[nH]c3=O)C2)cc1. The second kappa shape index (κ2) is 7.09. The van der Waals surface area contributed by atoms with E-state index in [1.54, 1.807) is 19.5 Å². The van der Waals surface area contributed by atoms with Crippen LogP contribution in [0.2, 0.25) is 0 Å². The largest absolute Gasteiger partial charge is 0.497 e. The van der Waals surface area contributed by atoms with Crippen LogP contribution in [0.4, 0.5) is 0 Å². The summed E-state index contributed by atoms with van der Waals surface area (Å²) in [5.74, 6) is 1.45. The number of methoxy groups -OCH3 is 1. The number of aromatic amines is 1. The van der Waals surface area contributed by atoms with E-state index in [4.69, 9.17) is 9.72 Å². The van der Waals surface area contributed by atoms with Crippen LogP contribution in [-0.4, -0.2) is 33.5 Å². The van der Waals surface area contributed by atoms with Gasteiger partial charge in [-0.2, -0.15) is 0 Å². The van der Waals surface area contributed by atoms with Crippen molar-refractivity contribution in [3.63, 3.8) is 0 Å². The number of H-pyrrole nitrogens is 1. The number of nitrogens with zero attached hydrogens (tertiary/aromatic N) is 3. The number of ether oxygens (including phenoxy) is 1. The molecular formula is C20H20N4O2. The standard InChI is InChI=1S/C20H20N4O2/c1-26-16-4-2-14(3-5-16)12-24-11-8-17-18(13-24)22-19(23-20(17)25)15-6-9-21-10-7-15/h2-7,9-10H,8,11-13H2,1H3,(H,22,23,25). The van der Waals surface area contributed by atoms with Crippen molar-refractivity contribution >= 4 is 0 Å². The van der Waals surface area contributed by atoms with E-state index >= 15 is 0 Å². The zero-order valence-electron chi connectivity index (χ0n) is 14.6. The van der Waals surface area contributed by atoms with Crippen molar-refractivity contribution < 1.29 is 4.74 Å². The number of rotatable bonds is 4. The molecule has 0 unspecified atom stereocenters. The third-order valence-electron chi connectivity index (χ3n) is 4.67. The average Bonchev–Trinajstić information content (AvgIpc) is 2.69. The topological polar surface area (TPSA) is 71.1 Å². The average molecular weight is 348 g/mol. The molecule has 3 heterocycles. The van der Waals surface area contributed by atoms with Crippen molar-refractivity contribution in [2.45, 2.75) is 19.5 Å². The van der Waals surface area contributed by atoms with Gasteiger partial charge in [0.1, 0.15) is 11.6 Å². The summed E-state index contributed by atoms with van der Waals surface area (Å²) < 4.78 is 5.21. The molecule has 2 aromatic heterocycles. The Balaban J connectivity index is 1.57. The number of benzene rings is 1. The second-order valence-corrected chi connectivity index (χ2v) is 6.38. The van der Waals surface area contributed by atoms with Crippen molar-refractivity contribution in [1.29, 1.82) is 0 Å². The van der Waals surface area contributed by atoms with Crippen molar-refractivity contribution in [3.05, 3.63) is 76.0 Å². The van der Waals surface area contributed by atoms with Crippen molar-refractivity contribution in [2.75, 3.05) is 13.7 Å². The van der Waals surface area contributed by atoms with E-state index in [0.717, 1.165) is 35.7 Å². The van der Waals surface area contributed by atoms with Gasteiger partial charge in [-0.3, -0.25) is 14.7 Å². The Morgan fingerprint density at radius 2 is 1.92 bits per heavy atom. The summed E-state index contributed by atoms with van der Waals surface area (Å²) in [6.45, 7) is 2.34. The van der Waals surface area contributed by atoms with Crippen LogP contribution in [0.1, 0.15) is 16.8 Å². The van der Waals surface area contributed by atoms with Crippen LogP contribution in [0.3, 0.4) is 0 Å². The highest BCUT2D eigenvalue weighted by molar-refractivity contribution is 5.54. The molecule has 0 atom stereocenters. The Kier molecular flexibility index (Phi) is 4.50. The number of hydrogen-bond donors (Lipinski definition) is 1. The third kappa shape index (κ3) is 3.36. The Morgan fingerprint density at radius 3 is 2.65 bits per heavy atom. The minimum Gasteiger partial charge on any atom is -0.497 e. The normalized spacial score (nSPS) is 14.0. The Bertz CT molecular complexity index is 952. The van der Waals surface area contributed by atoms with E-state index in [-0.39, 0.29) is 5.56 Å². The first-order chi connectivity index (χ1) is 12.7. The van der Waals surface area contributed by atoms with E-state index in [2.05, 4.69) is 27.0 Å². The lowest BCUT2D eigenvalue weighted by Gasteiger charge is -2.27. The fraction of sp³-hybridized carbons (Fsp3) is 0.250. The Hall–Kier alpha value is -2.99. The van der Waals surface area contributed by atoms with Gasteiger partial charge in [0.05, 0.1) is 12.8 Å². The molecule has 0 fully saturated rings. The molecule has 1 aliphatic heterocycles. The molecule has 0 saturated heterocycles. The molecular weight excluding hydrogens is 328 g/mol. The van der Waals surface area contributed by atoms with Gasteiger partial charge in [0.15, 0.2) is 0 Å². The highest BCUT2D eigenvalue weighted by Crippen LogP contribution is 2.20. The molecule has 3 aromatic rings. The molecule has 1 N–H and O–H groups in total. The van der Waals surface area contributed by atoms with Gasteiger partial charge in [-0.05, 0) is 36.2 Å². The van der Waals surface area contributed by atoms with E-state index < -0.39 is 0 Å².